The summed E-state index contributed by atoms with van der Waals surface area (Å²) in [5.41, 5.74) is 1.80. The lowest BCUT2D eigenvalue weighted by Crippen LogP contribution is -2.41. The number of rotatable bonds is 8. The van der Waals surface area contributed by atoms with E-state index in [1.165, 1.54) is 26.3 Å². The fraction of sp³-hybridized carbons (Fsp3) is 0.240. The molecule has 3 aromatic rings. The summed E-state index contributed by atoms with van der Waals surface area (Å²) in [5.74, 6) is -1.75. The maximum atomic E-state index is 12.8. The van der Waals surface area contributed by atoms with Crippen LogP contribution in [0.2, 0.25) is 0 Å². The van der Waals surface area contributed by atoms with Crippen LogP contribution in [0.4, 0.5) is 0 Å². The number of ether oxygens (including phenoxy) is 2. The van der Waals surface area contributed by atoms with E-state index in [2.05, 4.69) is 10.3 Å². The predicted octanol–water partition coefficient (Wildman–Crippen LogP) is 3.68. The molecule has 2 N–H and O–H groups in total. The molecule has 0 unspecified atom stereocenters. The van der Waals surface area contributed by atoms with E-state index in [-0.39, 0.29) is 17.4 Å². The summed E-state index contributed by atoms with van der Waals surface area (Å²) in [7, 11) is 1.37. The van der Waals surface area contributed by atoms with Gasteiger partial charge in [-0.15, -0.1) is 0 Å². The number of aromatic hydroxyl groups is 1. The summed E-state index contributed by atoms with van der Waals surface area (Å²) < 4.78 is 10.7. The number of methoxy groups -OCH3 is 1. The van der Waals surface area contributed by atoms with Crippen molar-refractivity contribution in [1.82, 2.24) is 10.3 Å². The smallest absolute Gasteiger partial charge is 0.328 e. The number of hydrogen-bond donors (Lipinski definition) is 2. The van der Waals surface area contributed by atoms with Crippen molar-refractivity contribution >= 4 is 11.9 Å². The summed E-state index contributed by atoms with van der Waals surface area (Å²) in [6.45, 7) is 3.34. The highest BCUT2D eigenvalue weighted by Crippen LogP contribution is 2.30. The first-order chi connectivity index (χ1) is 15.4. The first-order valence-electron chi connectivity index (χ1n) is 10.3. The van der Waals surface area contributed by atoms with Crippen LogP contribution in [0.5, 0.6) is 11.5 Å². The Bertz CT molecular complexity index is 1020. The number of hydrogen-bond acceptors (Lipinski definition) is 6. The van der Waals surface area contributed by atoms with E-state index in [0.29, 0.717) is 0 Å². The molecule has 1 heterocycles. The SMILES string of the molecule is COc1ccnc(C(=O)N[C@@H](C)C(=O)O[C@@H](C)C(c2ccccc2)c2ccccc2)c1O. The van der Waals surface area contributed by atoms with Gasteiger partial charge in [0.25, 0.3) is 5.91 Å². The van der Waals surface area contributed by atoms with Crippen LogP contribution in [-0.4, -0.2) is 41.2 Å². The zero-order chi connectivity index (χ0) is 23.1. The van der Waals surface area contributed by atoms with Crippen LogP contribution in [0.25, 0.3) is 0 Å². The van der Waals surface area contributed by atoms with E-state index in [9.17, 15) is 14.7 Å². The fourth-order valence-corrected chi connectivity index (χ4v) is 3.50. The summed E-state index contributed by atoms with van der Waals surface area (Å²) in [6.07, 6.45) is 0.845. The number of aromatic nitrogens is 1. The molecule has 0 fully saturated rings. The van der Waals surface area contributed by atoms with E-state index >= 15 is 0 Å². The molecule has 3 rings (SSSR count). The Balaban J connectivity index is 1.72. The minimum Gasteiger partial charge on any atom is -0.503 e. The van der Waals surface area contributed by atoms with E-state index in [1.54, 1.807) is 0 Å². The van der Waals surface area contributed by atoms with Crippen molar-refractivity contribution in [1.29, 1.82) is 0 Å². The van der Waals surface area contributed by atoms with Crippen LogP contribution in [0.3, 0.4) is 0 Å². The summed E-state index contributed by atoms with van der Waals surface area (Å²) in [6, 6.07) is 20.1. The first kappa shape index (κ1) is 22.8. The van der Waals surface area contributed by atoms with Gasteiger partial charge in [0.15, 0.2) is 17.2 Å². The molecule has 0 saturated carbocycles. The van der Waals surface area contributed by atoms with Gasteiger partial charge in [0.2, 0.25) is 0 Å². The number of carbonyl (C=O) groups is 2. The third-order valence-electron chi connectivity index (χ3n) is 5.11. The maximum absolute atomic E-state index is 12.8. The number of amides is 1. The van der Waals surface area contributed by atoms with Crippen LogP contribution in [0.15, 0.2) is 72.9 Å². The molecule has 1 aromatic heterocycles. The van der Waals surface area contributed by atoms with Crippen molar-refractivity contribution < 1.29 is 24.2 Å². The molecule has 7 nitrogen and oxygen atoms in total. The minimum absolute atomic E-state index is 0.113. The van der Waals surface area contributed by atoms with Gasteiger partial charge in [-0.2, -0.15) is 0 Å². The second-order valence-corrected chi connectivity index (χ2v) is 7.35. The number of nitrogens with zero attached hydrogens (tertiary/aromatic N) is 1. The average molecular weight is 434 g/mol. The monoisotopic (exact) mass is 434 g/mol. The molecule has 166 valence electrons. The molecule has 0 saturated heterocycles. The Labute approximate surface area is 187 Å². The topological polar surface area (TPSA) is 97.8 Å². The van der Waals surface area contributed by atoms with E-state index < -0.39 is 29.8 Å². The Morgan fingerprint density at radius 3 is 2.03 bits per heavy atom. The Morgan fingerprint density at radius 1 is 0.938 bits per heavy atom. The van der Waals surface area contributed by atoms with Crippen molar-refractivity contribution in [3.8, 4) is 11.5 Å². The maximum Gasteiger partial charge on any atom is 0.328 e. The van der Waals surface area contributed by atoms with Gasteiger partial charge in [0.1, 0.15) is 12.1 Å². The highest BCUT2D eigenvalue weighted by atomic mass is 16.5. The van der Waals surface area contributed by atoms with Gasteiger partial charge in [-0.05, 0) is 25.0 Å². The van der Waals surface area contributed by atoms with E-state index in [0.717, 1.165) is 11.1 Å². The number of nitrogens with one attached hydrogen (secondary N) is 1. The quantitative estimate of drug-likeness (QED) is 0.525. The second-order valence-electron chi connectivity index (χ2n) is 7.35. The van der Waals surface area contributed by atoms with Gasteiger partial charge in [-0.3, -0.25) is 4.79 Å². The van der Waals surface area contributed by atoms with Gasteiger partial charge in [-0.25, -0.2) is 9.78 Å². The molecule has 0 aliphatic rings. The van der Waals surface area contributed by atoms with Crippen LogP contribution >= 0.6 is 0 Å². The predicted molar refractivity (Wildman–Crippen MR) is 120 cm³/mol. The van der Waals surface area contributed by atoms with Crippen LogP contribution in [-0.2, 0) is 9.53 Å². The van der Waals surface area contributed by atoms with Crippen molar-refractivity contribution in [2.45, 2.75) is 31.9 Å². The minimum atomic E-state index is -0.954. The molecule has 0 aliphatic carbocycles. The number of carbonyl (C=O) groups excluding carboxylic acids is 2. The zero-order valence-electron chi connectivity index (χ0n) is 18.2. The Hall–Kier alpha value is -3.87. The van der Waals surface area contributed by atoms with Gasteiger partial charge in [-0.1, -0.05) is 60.7 Å². The van der Waals surface area contributed by atoms with Crippen molar-refractivity contribution in [2.75, 3.05) is 7.11 Å². The standard InChI is InChI=1S/C25H26N2O5/c1-16(27-24(29)22-23(28)20(31-3)14-15-26-22)25(30)32-17(2)21(18-10-6-4-7-11-18)19-12-8-5-9-13-19/h4-17,21,28H,1-3H3,(H,27,29)/t16-,17-/m0/s1. The zero-order valence-corrected chi connectivity index (χ0v) is 18.2. The van der Waals surface area contributed by atoms with Gasteiger partial charge < -0.3 is 19.9 Å². The molecular formula is C25H26N2O5. The van der Waals surface area contributed by atoms with Crippen molar-refractivity contribution in [3.63, 3.8) is 0 Å². The molecule has 2 aromatic carbocycles. The molecular weight excluding hydrogens is 408 g/mol. The number of esters is 1. The van der Waals surface area contributed by atoms with Crippen LogP contribution in [0, 0.1) is 0 Å². The number of pyridine rings is 1. The van der Waals surface area contributed by atoms with E-state index in [4.69, 9.17) is 9.47 Å². The summed E-state index contributed by atoms with van der Waals surface area (Å²) in [4.78, 5) is 29.1. The summed E-state index contributed by atoms with van der Waals surface area (Å²) in [5, 5.41) is 12.6. The van der Waals surface area contributed by atoms with Crippen LogP contribution < -0.4 is 10.1 Å². The van der Waals surface area contributed by atoms with Gasteiger partial charge >= 0.3 is 5.97 Å². The lowest BCUT2D eigenvalue weighted by molar-refractivity contribution is -0.150. The Morgan fingerprint density at radius 2 is 1.50 bits per heavy atom. The molecule has 0 radical (unpaired) electrons. The highest BCUT2D eigenvalue weighted by molar-refractivity contribution is 5.97. The third-order valence-corrected chi connectivity index (χ3v) is 5.11. The van der Waals surface area contributed by atoms with Crippen molar-refractivity contribution in [3.05, 3.63) is 89.7 Å². The van der Waals surface area contributed by atoms with Gasteiger partial charge in [0.05, 0.1) is 7.11 Å². The second kappa shape index (κ2) is 10.4. The number of benzene rings is 2. The largest absolute Gasteiger partial charge is 0.503 e. The van der Waals surface area contributed by atoms with Crippen molar-refractivity contribution in [2.24, 2.45) is 0 Å². The molecule has 32 heavy (non-hydrogen) atoms. The molecule has 0 spiro atoms. The average Bonchev–Trinajstić information content (AvgIpc) is 2.80. The lowest BCUT2D eigenvalue weighted by Gasteiger charge is -2.26. The molecule has 0 bridgehead atoms. The lowest BCUT2D eigenvalue weighted by atomic mass is 9.87. The summed E-state index contributed by atoms with van der Waals surface area (Å²) >= 11 is 0. The van der Waals surface area contributed by atoms with Crippen LogP contribution in [0.1, 0.15) is 41.4 Å². The van der Waals surface area contributed by atoms with Gasteiger partial charge in [0, 0.05) is 18.2 Å². The molecule has 0 aliphatic heterocycles. The highest BCUT2D eigenvalue weighted by Gasteiger charge is 2.28. The normalized spacial score (nSPS) is 12.6. The third kappa shape index (κ3) is 5.24. The fourth-order valence-electron chi connectivity index (χ4n) is 3.50. The molecule has 7 heteroatoms. The first-order valence-corrected chi connectivity index (χ1v) is 10.3. The van der Waals surface area contributed by atoms with E-state index in [1.807, 2.05) is 67.6 Å². The molecule has 2 atom stereocenters. The molecule has 1 amide bonds. The Kier molecular flexibility index (Phi) is 7.44.